The number of rotatable bonds is 4. The molecule has 5 rings (SSSR count). The van der Waals surface area contributed by atoms with E-state index in [-0.39, 0.29) is 41.1 Å². The molecule has 0 bridgehead atoms. The number of carbonyl (C=O) groups excluding carboxylic acids is 2. The second-order valence-corrected chi connectivity index (χ2v) is 8.57. The SMILES string of the molecule is CCOC(=O)c1cc2c(=O)n3ccccc3nc2n(C2CCCCC2)c1=NC(=O)C1CC1. The third-order valence-electron chi connectivity index (χ3n) is 6.31. The van der Waals surface area contributed by atoms with Crippen molar-refractivity contribution in [2.24, 2.45) is 10.9 Å². The summed E-state index contributed by atoms with van der Waals surface area (Å²) in [6.45, 7) is 1.91. The lowest BCUT2D eigenvalue weighted by molar-refractivity contribution is -0.119. The Bertz CT molecular complexity index is 1340. The van der Waals surface area contributed by atoms with Crippen molar-refractivity contribution in [3.05, 3.63) is 51.9 Å². The number of ether oxygens (including phenoxy) is 1. The second-order valence-electron chi connectivity index (χ2n) is 8.57. The summed E-state index contributed by atoms with van der Waals surface area (Å²) in [5.41, 5.74) is 1.13. The lowest BCUT2D eigenvalue weighted by atomic mass is 9.94. The van der Waals surface area contributed by atoms with Gasteiger partial charge in [-0.3, -0.25) is 14.0 Å². The van der Waals surface area contributed by atoms with Gasteiger partial charge in [0.15, 0.2) is 5.49 Å². The molecule has 0 unspecified atom stereocenters. The fraction of sp³-hybridized carbons (Fsp3) is 0.458. The van der Waals surface area contributed by atoms with Gasteiger partial charge in [-0.25, -0.2) is 9.78 Å². The molecule has 0 aromatic carbocycles. The summed E-state index contributed by atoms with van der Waals surface area (Å²) in [6.07, 6.45) is 8.25. The normalized spacial score (nSPS) is 17.7. The molecule has 8 heteroatoms. The van der Waals surface area contributed by atoms with E-state index in [1.54, 1.807) is 25.3 Å². The number of amides is 1. The summed E-state index contributed by atoms with van der Waals surface area (Å²) in [4.78, 5) is 48.3. The molecule has 2 aliphatic carbocycles. The highest BCUT2D eigenvalue weighted by Gasteiger charge is 2.31. The fourth-order valence-corrected chi connectivity index (χ4v) is 4.52. The Morgan fingerprint density at radius 3 is 2.66 bits per heavy atom. The lowest BCUT2D eigenvalue weighted by Crippen LogP contribution is -2.35. The van der Waals surface area contributed by atoms with Gasteiger partial charge in [0.1, 0.15) is 16.9 Å². The average Bonchev–Trinajstić information content (AvgIpc) is 3.65. The quantitative estimate of drug-likeness (QED) is 0.464. The van der Waals surface area contributed by atoms with Crippen LogP contribution in [0.1, 0.15) is 68.3 Å². The van der Waals surface area contributed by atoms with Crippen molar-refractivity contribution >= 4 is 28.6 Å². The van der Waals surface area contributed by atoms with Crippen LogP contribution in [-0.2, 0) is 9.53 Å². The predicted molar refractivity (Wildman–Crippen MR) is 118 cm³/mol. The molecule has 0 aliphatic heterocycles. The largest absolute Gasteiger partial charge is 0.462 e. The van der Waals surface area contributed by atoms with Crippen LogP contribution in [0.25, 0.3) is 16.7 Å². The predicted octanol–water partition coefficient (Wildman–Crippen LogP) is 3.17. The van der Waals surface area contributed by atoms with E-state index >= 15 is 0 Å². The smallest absolute Gasteiger partial charge is 0.341 e. The zero-order valence-electron chi connectivity index (χ0n) is 18.1. The Kier molecular flexibility index (Phi) is 5.36. The van der Waals surface area contributed by atoms with Crippen LogP contribution in [0, 0.1) is 5.92 Å². The van der Waals surface area contributed by atoms with Gasteiger partial charge in [-0.05, 0) is 50.8 Å². The van der Waals surface area contributed by atoms with Crippen LogP contribution in [-0.4, -0.2) is 32.4 Å². The third kappa shape index (κ3) is 3.63. The monoisotopic (exact) mass is 434 g/mol. The van der Waals surface area contributed by atoms with E-state index in [2.05, 4.69) is 4.99 Å². The van der Waals surface area contributed by atoms with Crippen molar-refractivity contribution in [3.63, 3.8) is 0 Å². The minimum absolute atomic E-state index is 0.00411. The van der Waals surface area contributed by atoms with Crippen LogP contribution in [0.15, 0.2) is 40.2 Å². The Labute approximate surface area is 184 Å². The third-order valence-corrected chi connectivity index (χ3v) is 6.31. The molecule has 32 heavy (non-hydrogen) atoms. The summed E-state index contributed by atoms with van der Waals surface area (Å²) >= 11 is 0. The number of carbonyl (C=O) groups is 2. The standard InChI is InChI=1S/C24H26N4O4/c1-2-32-24(31)18-14-17-20(25-19-10-6-7-13-27(19)23(17)30)28(16-8-4-3-5-9-16)21(18)26-22(29)15-11-12-15/h6-7,10,13-16H,2-5,8-9,11-12H2,1H3. The van der Waals surface area contributed by atoms with Gasteiger partial charge >= 0.3 is 5.97 Å². The Morgan fingerprint density at radius 2 is 1.94 bits per heavy atom. The van der Waals surface area contributed by atoms with Crippen molar-refractivity contribution in [1.82, 2.24) is 14.0 Å². The molecule has 166 valence electrons. The van der Waals surface area contributed by atoms with Gasteiger partial charge in [0.2, 0.25) is 0 Å². The van der Waals surface area contributed by atoms with E-state index in [0.717, 1.165) is 44.9 Å². The molecule has 2 aliphatic rings. The molecule has 0 saturated heterocycles. The van der Waals surface area contributed by atoms with Crippen LogP contribution in [0.5, 0.6) is 0 Å². The molecule has 3 heterocycles. The van der Waals surface area contributed by atoms with E-state index in [0.29, 0.717) is 16.7 Å². The Balaban J connectivity index is 1.90. The molecule has 1 amide bonds. The van der Waals surface area contributed by atoms with Crippen molar-refractivity contribution in [1.29, 1.82) is 0 Å². The lowest BCUT2D eigenvalue weighted by Gasteiger charge is -2.27. The summed E-state index contributed by atoms with van der Waals surface area (Å²) in [5.74, 6) is -0.897. The first-order valence-electron chi connectivity index (χ1n) is 11.4. The number of hydrogen-bond acceptors (Lipinski definition) is 5. The van der Waals surface area contributed by atoms with Gasteiger partial charge in [0, 0.05) is 18.2 Å². The van der Waals surface area contributed by atoms with Crippen molar-refractivity contribution < 1.29 is 14.3 Å². The summed E-state index contributed by atoms with van der Waals surface area (Å²) in [5, 5.41) is 0.320. The van der Waals surface area contributed by atoms with Crippen LogP contribution in [0.2, 0.25) is 0 Å². The van der Waals surface area contributed by atoms with E-state index in [4.69, 9.17) is 9.72 Å². The number of fused-ring (bicyclic) bond motifs is 2. The molecular weight excluding hydrogens is 408 g/mol. The van der Waals surface area contributed by atoms with Gasteiger partial charge in [-0.15, -0.1) is 0 Å². The highest BCUT2D eigenvalue weighted by molar-refractivity contribution is 5.94. The zero-order valence-corrected chi connectivity index (χ0v) is 18.1. The fourth-order valence-electron chi connectivity index (χ4n) is 4.52. The number of aromatic nitrogens is 3. The van der Waals surface area contributed by atoms with Gasteiger partial charge in [0.25, 0.3) is 11.5 Å². The Hall–Kier alpha value is -3.29. The van der Waals surface area contributed by atoms with Gasteiger partial charge in [-0.2, -0.15) is 4.99 Å². The number of hydrogen-bond donors (Lipinski definition) is 0. The second kappa shape index (κ2) is 8.33. The first-order valence-corrected chi connectivity index (χ1v) is 11.4. The van der Waals surface area contributed by atoms with Crippen LogP contribution in [0.3, 0.4) is 0 Å². The minimum atomic E-state index is -0.584. The van der Waals surface area contributed by atoms with E-state index in [1.165, 1.54) is 10.5 Å². The van der Waals surface area contributed by atoms with Crippen LogP contribution >= 0.6 is 0 Å². The number of nitrogens with zero attached hydrogens (tertiary/aromatic N) is 4. The average molecular weight is 434 g/mol. The van der Waals surface area contributed by atoms with Crippen molar-refractivity contribution in [2.75, 3.05) is 6.61 Å². The Morgan fingerprint density at radius 1 is 1.16 bits per heavy atom. The summed E-state index contributed by atoms with van der Waals surface area (Å²) in [7, 11) is 0. The molecular formula is C24H26N4O4. The summed E-state index contributed by atoms with van der Waals surface area (Å²) < 4.78 is 8.63. The van der Waals surface area contributed by atoms with Crippen LogP contribution < -0.4 is 11.0 Å². The maximum Gasteiger partial charge on any atom is 0.341 e. The van der Waals surface area contributed by atoms with Crippen molar-refractivity contribution in [2.45, 2.75) is 57.9 Å². The number of esters is 1. The first-order chi connectivity index (χ1) is 15.6. The molecule has 2 saturated carbocycles. The highest BCUT2D eigenvalue weighted by atomic mass is 16.5. The summed E-state index contributed by atoms with van der Waals surface area (Å²) in [6, 6.07) is 6.87. The first kappa shape index (κ1) is 20.6. The maximum absolute atomic E-state index is 13.4. The number of pyridine rings is 2. The maximum atomic E-state index is 13.4. The zero-order chi connectivity index (χ0) is 22.2. The topological polar surface area (TPSA) is 95.0 Å². The van der Waals surface area contributed by atoms with Gasteiger partial charge in [-0.1, -0.05) is 25.3 Å². The molecule has 3 aromatic rings. The molecule has 0 atom stereocenters. The van der Waals surface area contributed by atoms with Gasteiger partial charge < -0.3 is 9.30 Å². The highest BCUT2D eigenvalue weighted by Crippen LogP contribution is 2.31. The van der Waals surface area contributed by atoms with Crippen molar-refractivity contribution in [3.8, 4) is 0 Å². The molecule has 0 spiro atoms. The molecule has 0 radical (unpaired) electrons. The van der Waals surface area contributed by atoms with Crippen LogP contribution in [0.4, 0.5) is 0 Å². The van der Waals surface area contributed by atoms with Gasteiger partial charge in [0.05, 0.1) is 12.0 Å². The van der Waals surface area contributed by atoms with E-state index in [1.807, 2.05) is 10.6 Å². The molecule has 3 aromatic heterocycles. The molecule has 2 fully saturated rings. The minimum Gasteiger partial charge on any atom is -0.462 e. The van der Waals surface area contributed by atoms with E-state index in [9.17, 15) is 14.4 Å². The van der Waals surface area contributed by atoms with E-state index < -0.39 is 5.97 Å². The molecule has 8 nitrogen and oxygen atoms in total. The molecule has 0 N–H and O–H groups in total.